The summed E-state index contributed by atoms with van der Waals surface area (Å²) in [4.78, 5) is 23.2. The Bertz CT molecular complexity index is 342. The van der Waals surface area contributed by atoms with Crippen molar-refractivity contribution in [1.29, 1.82) is 0 Å². The number of carboxylic acid groups (broad SMARTS) is 1. The second-order valence-electron chi connectivity index (χ2n) is 6.37. The largest absolute Gasteiger partial charge is 0.481 e. The van der Waals surface area contributed by atoms with E-state index in [2.05, 4.69) is 12.2 Å². The van der Waals surface area contributed by atoms with Crippen molar-refractivity contribution < 1.29 is 14.7 Å². The van der Waals surface area contributed by atoms with Gasteiger partial charge in [0.2, 0.25) is 5.91 Å². The predicted molar refractivity (Wildman–Crippen MR) is 72.6 cm³/mol. The first-order valence-corrected chi connectivity index (χ1v) is 7.58. The SMILES string of the molecule is CC1CCCC(CNC(=O)[C@@H]2CCC[C@@H]2C(=O)O)C1. The number of aliphatic carboxylic acids is 1. The highest BCUT2D eigenvalue weighted by atomic mass is 16.4. The standard InChI is InChI=1S/C15H25NO3/c1-10-4-2-5-11(8-10)9-16-14(17)12-6-3-7-13(12)15(18)19/h10-13H,2-9H2,1H3,(H,16,17)(H,18,19)/t10?,11?,12-,13+/m1/s1. The van der Waals surface area contributed by atoms with Gasteiger partial charge in [0.05, 0.1) is 11.8 Å². The van der Waals surface area contributed by atoms with Gasteiger partial charge < -0.3 is 10.4 Å². The molecule has 2 aliphatic carbocycles. The third kappa shape index (κ3) is 3.71. The summed E-state index contributed by atoms with van der Waals surface area (Å²) < 4.78 is 0. The van der Waals surface area contributed by atoms with Crippen LogP contribution in [-0.2, 0) is 9.59 Å². The number of hydrogen-bond acceptors (Lipinski definition) is 2. The molecule has 2 aliphatic rings. The van der Waals surface area contributed by atoms with Gasteiger partial charge in [-0.2, -0.15) is 0 Å². The molecule has 1 amide bonds. The predicted octanol–water partition coefficient (Wildman–Crippen LogP) is 2.43. The molecular weight excluding hydrogens is 242 g/mol. The van der Waals surface area contributed by atoms with Crippen LogP contribution in [0.15, 0.2) is 0 Å². The summed E-state index contributed by atoms with van der Waals surface area (Å²) in [6, 6.07) is 0. The number of carbonyl (C=O) groups excluding carboxylic acids is 1. The van der Waals surface area contributed by atoms with Crippen LogP contribution in [0.25, 0.3) is 0 Å². The Labute approximate surface area is 115 Å². The number of carboxylic acids is 1. The van der Waals surface area contributed by atoms with E-state index in [0.717, 1.165) is 25.3 Å². The van der Waals surface area contributed by atoms with Crippen LogP contribution < -0.4 is 5.32 Å². The third-order valence-electron chi connectivity index (χ3n) is 4.78. The van der Waals surface area contributed by atoms with E-state index >= 15 is 0 Å². The summed E-state index contributed by atoms with van der Waals surface area (Å²) in [5.74, 6) is -0.290. The van der Waals surface area contributed by atoms with Crippen LogP contribution in [0.4, 0.5) is 0 Å². The molecule has 0 aromatic rings. The second-order valence-corrected chi connectivity index (χ2v) is 6.37. The zero-order valence-electron chi connectivity index (χ0n) is 11.7. The van der Waals surface area contributed by atoms with Crippen molar-refractivity contribution in [2.75, 3.05) is 6.54 Å². The molecule has 19 heavy (non-hydrogen) atoms. The molecule has 4 atom stereocenters. The maximum absolute atomic E-state index is 12.1. The highest BCUT2D eigenvalue weighted by Gasteiger charge is 2.37. The number of nitrogens with one attached hydrogen (secondary N) is 1. The van der Waals surface area contributed by atoms with Gasteiger partial charge in [-0.1, -0.05) is 26.2 Å². The highest BCUT2D eigenvalue weighted by molar-refractivity contribution is 5.85. The van der Waals surface area contributed by atoms with Crippen molar-refractivity contribution in [3.05, 3.63) is 0 Å². The van der Waals surface area contributed by atoms with Crippen molar-refractivity contribution in [2.24, 2.45) is 23.7 Å². The molecule has 2 saturated carbocycles. The molecule has 0 saturated heterocycles. The van der Waals surface area contributed by atoms with Gasteiger partial charge in [0, 0.05) is 6.54 Å². The summed E-state index contributed by atoms with van der Waals surface area (Å²) in [6.45, 7) is 3.00. The Morgan fingerprint density at radius 3 is 2.47 bits per heavy atom. The molecule has 0 radical (unpaired) electrons. The van der Waals surface area contributed by atoms with Gasteiger partial charge in [-0.25, -0.2) is 0 Å². The topological polar surface area (TPSA) is 66.4 Å². The van der Waals surface area contributed by atoms with Crippen LogP contribution in [0.3, 0.4) is 0 Å². The van der Waals surface area contributed by atoms with Crippen molar-refractivity contribution >= 4 is 11.9 Å². The number of amides is 1. The summed E-state index contributed by atoms with van der Waals surface area (Å²) in [5.41, 5.74) is 0. The van der Waals surface area contributed by atoms with Crippen LogP contribution in [0.5, 0.6) is 0 Å². The quantitative estimate of drug-likeness (QED) is 0.822. The molecule has 2 unspecified atom stereocenters. The molecule has 0 bridgehead atoms. The number of hydrogen-bond donors (Lipinski definition) is 2. The molecule has 2 N–H and O–H groups in total. The minimum atomic E-state index is -0.816. The molecule has 0 aromatic carbocycles. The lowest BCUT2D eigenvalue weighted by atomic mass is 9.82. The summed E-state index contributed by atoms with van der Waals surface area (Å²) in [6.07, 6.45) is 7.16. The molecule has 4 heteroatoms. The average Bonchev–Trinajstić information content (AvgIpc) is 2.85. The van der Waals surface area contributed by atoms with Gasteiger partial charge in [-0.3, -0.25) is 9.59 Å². The van der Waals surface area contributed by atoms with Gasteiger partial charge in [-0.15, -0.1) is 0 Å². The lowest BCUT2D eigenvalue weighted by Gasteiger charge is -2.27. The number of carbonyl (C=O) groups is 2. The highest BCUT2D eigenvalue weighted by Crippen LogP contribution is 2.32. The molecule has 4 nitrogen and oxygen atoms in total. The monoisotopic (exact) mass is 267 g/mol. The lowest BCUT2D eigenvalue weighted by molar-refractivity contribution is -0.146. The normalized spacial score (nSPS) is 35.0. The van der Waals surface area contributed by atoms with E-state index in [1.807, 2.05) is 0 Å². The van der Waals surface area contributed by atoms with Crippen LogP contribution in [0.2, 0.25) is 0 Å². The molecule has 0 aromatic heterocycles. The van der Waals surface area contributed by atoms with E-state index in [1.165, 1.54) is 25.7 Å². The summed E-state index contributed by atoms with van der Waals surface area (Å²) >= 11 is 0. The summed E-state index contributed by atoms with van der Waals surface area (Å²) in [7, 11) is 0. The van der Waals surface area contributed by atoms with E-state index < -0.39 is 11.9 Å². The molecule has 2 fully saturated rings. The van der Waals surface area contributed by atoms with Crippen molar-refractivity contribution in [1.82, 2.24) is 5.32 Å². The van der Waals surface area contributed by atoms with Gasteiger partial charge in [0.25, 0.3) is 0 Å². The minimum Gasteiger partial charge on any atom is -0.481 e. The Kier molecular flexibility index (Phi) is 4.83. The van der Waals surface area contributed by atoms with Crippen LogP contribution in [-0.4, -0.2) is 23.5 Å². The Morgan fingerprint density at radius 2 is 1.79 bits per heavy atom. The van der Waals surface area contributed by atoms with E-state index in [1.54, 1.807) is 0 Å². The molecule has 0 spiro atoms. The molecule has 2 rings (SSSR count). The van der Waals surface area contributed by atoms with Crippen molar-refractivity contribution in [3.63, 3.8) is 0 Å². The first-order valence-electron chi connectivity index (χ1n) is 7.58. The van der Waals surface area contributed by atoms with Gasteiger partial charge in [-0.05, 0) is 37.5 Å². The van der Waals surface area contributed by atoms with E-state index in [-0.39, 0.29) is 11.8 Å². The van der Waals surface area contributed by atoms with Crippen molar-refractivity contribution in [2.45, 2.75) is 51.9 Å². The Hall–Kier alpha value is -1.06. The van der Waals surface area contributed by atoms with Gasteiger partial charge >= 0.3 is 5.97 Å². The lowest BCUT2D eigenvalue weighted by Crippen LogP contribution is -2.38. The van der Waals surface area contributed by atoms with Gasteiger partial charge in [0.1, 0.15) is 0 Å². The second kappa shape index (κ2) is 6.40. The zero-order chi connectivity index (χ0) is 13.8. The van der Waals surface area contributed by atoms with E-state index in [9.17, 15) is 9.59 Å². The zero-order valence-corrected chi connectivity index (χ0v) is 11.7. The smallest absolute Gasteiger partial charge is 0.307 e. The van der Waals surface area contributed by atoms with Crippen molar-refractivity contribution in [3.8, 4) is 0 Å². The van der Waals surface area contributed by atoms with Crippen LogP contribution in [0, 0.1) is 23.7 Å². The third-order valence-corrected chi connectivity index (χ3v) is 4.78. The molecular formula is C15H25NO3. The fourth-order valence-electron chi connectivity index (χ4n) is 3.69. The van der Waals surface area contributed by atoms with E-state index in [4.69, 9.17) is 5.11 Å². The fraction of sp³-hybridized carbons (Fsp3) is 0.867. The van der Waals surface area contributed by atoms with Crippen LogP contribution in [0.1, 0.15) is 51.9 Å². The first-order chi connectivity index (χ1) is 9.08. The first kappa shape index (κ1) is 14.4. The maximum Gasteiger partial charge on any atom is 0.307 e. The Morgan fingerprint density at radius 1 is 1.11 bits per heavy atom. The molecule has 0 heterocycles. The van der Waals surface area contributed by atoms with Gasteiger partial charge in [0.15, 0.2) is 0 Å². The average molecular weight is 267 g/mol. The molecule has 0 aliphatic heterocycles. The fourth-order valence-corrected chi connectivity index (χ4v) is 3.69. The summed E-state index contributed by atoms with van der Waals surface area (Å²) in [5, 5.41) is 12.1. The number of rotatable bonds is 4. The Balaban J connectivity index is 1.79. The van der Waals surface area contributed by atoms with Crippen LogP contribution >= 0.6 is 0 Å². The maximum atomic E-state index is 12.1. The molecule has 108 valence electrons. The minimum absolute atomic E-state index is 0.0388. The van der Waals surface area contributed by atoms with E-state index in [0.29, 0.717) is 12.3 Å².